The number of hydrogen-bond acceptors (Lipinski definition) is 3. The predicted octanol–water partition coefficient (Wildman–Crippen LogP) is 4.99. The lowest BCUT2D eigenvalue weighted by atomic mass is 9.46. The molecule has 1 aliphatic heterocycles. The number of ether oxygens (including phenoxy) is 1. The van der Waals surface area contributed by atoms with Crippen molar-refractivity contribution in [2.24, 2.45) is 34.5 Å². The Labute approximate surface area is 182 Å². The number of nitrogens with zero attached hydrogens (tertiary/aromatic N) is 1. The second kappa shape index (κ2) is 7.13. The standard InChI is InChI=1S/C25H42N2O3/c1-15-14-18(26-22(29)30-23(2,3)4)25(6)12-10-17-16(21(15)25)8-9-19-24(17,5)13-11-20(28)27(19)7/h15-19,21H,8-14H2,1-7H3,(H,26,29)/t15-,16-,17+,18+,19-,21+,24-,25-/m1/s1. The highest BCUT2D eigenvalue weighted by Crippen LogP contribution is 2.65. The highest BCUT2D eigenvalue weighted by atomic mass is 16.6. The molecule has 0 unspecified atom stereocenters. The molecule has 0 aromatic carbocycles. The number of carbonyl (C=O) groups excluding carboxylic acids is 2. The number of fused-ring (bicyclic) bond motifs is 5. The first-order chi connectivity index (χ1) is 13.9. The molecule has 170 valence electrons. The summed E-state index contributed by atoms with van der Waals surface area (Å²) < 4.78 is 5.59. The van der Waals surface area contributed by atoms with Crippen LogP contribution in [0.1, 0.15) is 86.5 Å². The number of nitrogens with one attached hydrogen (secondary N) is 1. The van der Waals surface area contributed by atoms with Crippen molar-refractivity contribution in [2.45, 2.75) is 104 Å². The van der Waals surface area contributed by atoms with Gasteiger partial charge in [0.15, 0.2) is 0 Å². The van der Waals surface area contributed by atoms with Crippen molar-refractivity contribution in [1.82, 2.24) is 10.2 Å². The van der Waals surface area contributed by atoms with Gasteiger partial charge in [-0.3, -0.25) is 4.79 Å². The first-order valence-corrected chi connectivity index (χ1v) is 12.1. The van der Waals surface area contributed by atoms with E-state index in [0.29, 0.717) is 42.0 Å². The minimum absolute atomic E-state index is 0.136. The molecule has 1 heterocycles. The van der Waals surface area contributed by atoms with Crippen LogP contribution in [0.15, 0.2) is 0 Å². The molecular weight excluding hydrogens is 376 g/mol. The van der Waals surface area contributed by atoms with E-state index >= 15 is 0 Å². The highest BCUT2D eigenvalue weighted by Gasteiger charge is 2.63. The summed E-state index contributed by atoms with van der Waals surface area (Å²) in [6, 6.07) is 0.589. The quantitative estimate of drug-likeness (QED) is 0.653. The number of hydrogen-bond donors (Lipinski definition) is 1. The lowest BCUT2D eigenvalue weighted by Gasteiger charge is -2.62. The van der Waals surface area contributed by atoms with Crippen LogP contribution >= 0.6 is 0 Å². The van der Waals surface area contributed by atoms with Gasteiger partial charge in [0.2, 0.25) is 5.91 Å². The van der Waals surface area contributed by atoms with Crippen LogP contribution in [0.5, 0.6) is 0 Å². The Bertz CT molecular complexity index is 716. The molecule has 0 aromatic rings. The minimum atomic E-state index is -0.469. The van der Waals surface area contributed by atoms with Gasteiger partial charge in [-0.25, -0.2) is 4.79 Å². The summed E-state index contributed by atoms with van der Waals surface area (Å²) in [5.41, 5.74) is -0.0932. The van der Waals surface area contributed by atoms with E-state index in [1.165, 1.54) is 12.8 Å². The van der Waals surface area contributed by atoms with Gasteiger partial charge in [0.25, 0.3) is 0 Å². The zero-order valence-electron chi connectivity index (χ0n) is 20.1. The zero-order valence-corrected chi connectivity index (χ0v) is 20.1. The van der Waals surface area contributed by atoms with E-state index in [1.54, 1.807) is 0 Å². The summed E-state index contributed by atoms with van der Waals surface area (Å²) in [5.74, 6) is 2.95. The summed E-state index contributed by atoms with van der Waals surface area (Å²) in [5, 5.41) is 3.27. The Morgan fingerprint density at radius 1 is 1.13 bits per heavy atom. The van der Waals surface area contributed by atoms with Gasteiger partial charge < -0.3 is 15.0 Å². The molecule has 5 nitrogen and oxygen atoms in total. The van der Waals surface area contributed by atoms with Crippen LogP contribution in [-0.4, -0.2) is 41.6 Å². The molecule has 2 amide bonds. The lowest BCUT2D eigenvalue weighted by Crippen LogP contribution is -2.62. The smallest absolute Gasteiger partial charge is 0.407 e. The number of piperidine rings is 1. The molecule has 0 aromatic heterocycles. The molecule has 8 atom stereocenters. The predicted molar refractivity (Wildman–Crippen MR) is 118 cm³/mol. The topological polar surface area (TPSA) is 58.6 Å². The molecule has 1 saturated heterocycles. The SMILES string of the molecule is C[C@@H]1C[C@H](NC(=O)OC(C)(C)C)[C@@]2(C)CC[C@H]3[C@@H](CC[C@H]4N(C)C(=O)CC[C@]34C)[C@H]12. The van der Waals surface area contributed by atoms with Gasteiger partial charge in [0.1, 0.15) is 5.60 Å². The third kappa shape index (κ3) is 3.35. The summed E-state index contributed by atoms with van der Waals surface area (Å²) in [7, 11) is 2.02. The average Bonchev–Trinajstić information content (AvgIpc) is 2.87. The Morgan fingerprint density at radius 3 is 2.50 bits per heavy atom. The summed E-state index contributed by atoms with van der Waals surface area (Å²) in [6.45, 7) is 13.0. The van der Waals surface area contributed by atoms with Crippen molar-refractivity contribution in [3.63, 3.8) is 0 Å². The molecule has 4 fully saturated rings. The first kappa shape index (κ1) is 22.0. The third-order valence-electron chi connectivity index (χ3n) is 9.56. The van der Waals surface area contributed by atoms with Gasteiger partial charge in [-0.05, 0) is 93.8 Å². The van der Waals surface area contributed by atoms with E-state index in [9.17, 15) is 9.59 Å². The summed E-state index contributed by atoms with van der Waals surface area (Å²) >= 11 is 0. The molecule has 0 spiro atoms. The van der Waals surface area contributed by atoms with Gasteiger partial charge >= 0.3 is 6.09 Å². The number of amides is 2. The maximum atomic E-state index is 12.6. The van der Waals surface area contributed by atoms with Crippen LogP contribution in [0.25, 0.3) is 0 Å². The molecule has 0 bridgehead atoms. The lowest BCUT2D eigenvalue weighted by molar-refractivity contribution is -0.159. The third-order valence-corrected chi connectivity index (χ3v) is 9.56. The number of alkyl carbamates (subject to hydrolysis) is 1. The van der Waals surface area contributed by atoms with Crippen LogP contribution in [-0.2, 0) is 9.53 Å². The number of likely N-dealkylation sites (tertiary alicyclic amines) is 1. The first-order valence-electron chi connectivity index (χ1n) is 12.1. The zero-order chi connectivity index (χ0) is 22.1. The highest BCUT2D eigenvalue weighted by molar-refractivity contribution is 5.77. The van der Waals surface area contributed by atoms with E-state index in [4.69, 9.17) is 4.74 Å². The van der Waals surface area contributed by atoms with Crippen molar-refractivity contribution >= 4 is 12.0 Å². The van der Waals surface area contributed by atoms with Crippen LogP contribution in [0.3, 0.4) is 0 Å². The van der Waals surface area contributed by atoms with Crippen molar-refractivity contribution in [1.29, 1.82) is 0 Å². The van der Waals surface area contributed by atoms with Gasteiger partial charge in [-0.1, -0.05) is 20.8 Å². The van der Waals surface area contributed by atoms with Crippen molar-refractivity contribution in [3.8, 4) is 0 Å². The molecule has 30 heavy (non-hydrogen) atoms. The maximum absolute atomic E-state index is 12.6. The van der Waals surface area contributed by atoms with Gasteiger partial charge in [0.05, 0.1) is 0 Å². The fourth-order valence-corrected chi connectivity index (χ4v) is 8.37. The van der Waals surface area contributed by atoms with E-state index in [1.807, 2.05) is 27.8 Å². The molecular formula is C25H42N2O3. The molecule has 4 aliphatic rings. The van der Waals surface area contributed by atoms with Gasteiger partial charge in [-0.2, -0.15) is 0 Å². The molecule has 4 rings (SSSR count). The fourth-order valence-electron chi connectivity index (χ4n) is 8.37. The fraction of sp³-hybridized carbons (Fsp3) is 0.920. The maximum Gasteiger partial charge on any atom is 0.407 e. The Balaban J connectivity index is 1.55. The Hall–Kier alpha value is -1.26. The normalized spacial score (nSPS) is 46.0. The number of carbonyl (C=O) groups is 2. The average molecular weight is 419 g/mol. The van der Waals surface area contributed by atoms with Gasteiger partial charge in [-0.15, -0.1) is 0 Å². The van der Waals surface area contributed by atoms with Crippen molar-refractivity contribution < 1.29 is 14.3 Å². The van der Waals surface area contributed by atoms with E-state index < -0.39 is 5.60 Å². The second-order valence-electron chi connectivity index (χ2n) is 12.4. The van der Waals surface area contributed by atoms with E-state index in [2.05, 4.69) is 31.0 Å². The van der Waals surface area contributed by atoms with Crippen molar-refractivity contribution in [2.75, 3.05) is 7.05 Å². The number of rotatable bonds is 1. The van der Waals surface area contributed by atoms with Crippen LogP contribution < -0.4 is 5.32 Å². The summed E-state index contributed by atoms with van der Waals surface area (Å²) in [4.78, 5) is 27.0. The molecule has 5 heteroatoms. The largest absolute Gasteiger partial charge is 0.444 e. The van der Waals surface area contributed by atoms with Crippen LogP contribution in [0.2, 0.25) is 0 Å². The molecule has 0 radical (unpaired) electrons. The monoisotopic (exact) mass is 418 g/mol. The molecule has 1 N–H and O–H groups in total. The Morgan fingerprint density at radius 2 is 1.83 bits per heavy atom. The summed E-state index contributed by atoms with van der Waals surface area (Å²) in [6.07, 6.45) is 7.23. The molecule has 3 saturated carbocycles. The minimum Gasteiger partial charge on any atom is -0.444 e. The van der Waals surface area contributed by atoms with E-state index in [-0.39, 0.29) is 23.0 Å². The van der Waals surface area contributed by atoms with Crippen molar-refractivity contribution in [3.05, 3.63) is 0 Å². The van der Waals surface area contributed by atoms with Gasteiger partial charge in [0, 0.05) is 25.6 Å². The second-order valence-corrected chi connectivity index (χ2v) is 12.4. The van der Waals surface area contributed by atoms with Crippen LogP contribution in [0.4, 0.5) is 4.79 Å². The van der Waals surface area contributed by atoms with E-state index in [0.717, 1.165) is 25.7 Å². The van der Waals surface area contributed by atoms with Crippen LogP contribution in [0, 0.1) is 34.5 Å². The molecule has 3 aliphatic carbocycles. The Kier molecular flexibility index (Phi) is 5.22.